The SMILES string of the molecule is CCCCCCCCCC[N+](CCCCCCCCCC)(CCCCCCCCCC)C(C)(C)C(CCCCCCCC)Cc1ccccc1.O.[Br-]. The molecule has 0 bridgehead atoms. The highest BCUT2D eigenvalue weighted by Crippen LogP contribution is 2.39. The second-order valence-corrected chi connectivity index (χ2v) is 17.3. The summed E-state index contributed by atoms with van der Waals surface area (Å²) in [4.78, 5) is 0. The van der Waals surface area contributed by atoms with E-state index in [1.165, 1.54) is 230 Å². The Morgan fingerprint density at radius 1 is 0.423 bits per heavy atom. The van der Waals surface area contributed by atoms with Gasteiger partial charge in [0, 0.05) is 5.92 Å². The molecule has 1 aromatic rings. The van der Waals surface area contributed by atoms with Gasteiger partial charge in [-0.3, -0.25) is 0 Å². The number of unbranched alkanes of at least 4 members (excludes halogenated alkanes) is 26. The molecule has 0 aromatic heterocycles. The van der Waals surface area contributed by atoms with E-state index in [1.807, 2.05) is 0 Å². The molecule has 0 saturated heterocycles. The van der Waals surface area contributed by atoms with Crippen molar-refractivity contribution in [3.05, 3.63) is 35.9 Å². The van der Waals surface area contributed by atoms with Gasteiger partial charge in [-0.15, -0.1) is 0 Å². The molecule has 1 unspecified atom stereocenters. The van der Waals surface area contributed by atoms with Crippen molar-refractivity contribution < 1.29 is 26.9 Å². The number of benzene rings is 1. The highest BCUT2D eigenvalue weighted by molar-refractivity contribution is 5.16. The Hall–Kier alpha value is -0.380. The third-order valence-electron chi connectivity index (χ3n) is 12.8. The number of hydrogen-bond donors (Lipinski definition) is 0. The first-order valence-corrected chi connectivity index (χ1v) is 23.4. The molecular formula is C49H96BrNO. The number of rotatable bonds is 38. The summed E-state index contributed by atoms with van der Waals surface area (Å²) in [5.74, 6) is 0.744. The second-order valence-electron chi connectivity index (χ2n) is 17.3. The minimum atomic E-state index is 0. The molecule has 0 amide bonds. The normalized spacial score (nSPS) is 12.4. The van der Waals surface area contributed by atoms with Crippen LogP contribution in [-0.2, 0) is 6.42 Å². The summed E-state index contributed by atoms with van der Waals surface area (Å²) in [5.41, 5.74) is 1.86. The third-order valence-corrected chi connectivity index (χ3v) is 12.8. The molecule has 0 spiro atoms. The average molecular weight is 795 g/mol. The molecule has 0 saturated carbocycles. The predicted molar refractivity (Wildman–Crippen MR) is 232 cm³/mol. The van der Waals surface area contributed by atoms with E-state index >= 15 is 0 Å². The monoisotopic (exact) mass is 794 g/mol. The predicted octanol–water partition coefficient (Wildman–Crippen LogP) is 12.8. The molecule has 310 valence electrons. The summed E-state index contributed by atoms with van der Waals surface area (Å²) < 4.78 is 1.39. The van der Waals surface area contributed by atoms with E-state index in [-0.39, 0.29) is 22.5 Å². The zero-order chi connectivity index (χ0) is 36.4. The average Bonchev–Trinajstić information content (AvgIpc) is 3.12. The first kappa shape index (κ1) is 53.7. The van der Waals surface area contributed by atoms with Gasteiger partial charge in [0.25, 0.3) is 0 Å². The molecule has 0 aliphatic heterocycles. The smallest absolute Gasteiger partial charge is 0.0967 e. The quantitative estimate of drug-likeness (QED) is 0.0472. The molecule has 0 radical (unpaired) electrons. The zero-order valence-corrected chi connectivity index (χ0v) is 38.1. The molecule has 52 heavy (non-hydrogen) atoms. The van der Waals surface area contributed by atoms with Crippen molar-refractivity contribution in [3.63, 3.8) is 0 Å². The van der Waals surface area contributed by atoms with E-state index in [2.05, 4.69) is 71.9 Å². The summed E-state index contributed by atoms with van der Waals surface area (Å²) in [7, 11) is 0. The fourth-order valence-electron chi connectivity index (χ4n) is 9.01. The number of halogens is 1. The number of hydrogen-bond acceptors (Lipinski definition) is 0. The van der Waals surface area contributed by atoms with E-state index in [0.717, 1.165) is 5.92 Å². The summed E-state index contributed by atoms with van der Waals surface area (Å²) in [5, 5.41) is 0. The van der Waals surface area contributed by atoms with Crippen LogP contribution < -0.4 is 17.0 Å². The van der Waals surface area contributed by atoms with Crippen molar-refractivity contribution in [2.45, 2.75) is 253 Å². The van der Waals surface area contributed by atoms with E-state index in [9.17, 15) is 0 Å². The maximum Gasteiger partial charge on any atom is 0.0967 e. The van der Waals surface area contributed by atoms with Gasteiger partial charge in [-0.05, 0) is 70.8 Å². The third kappa shape index (κ3) is 25.7. The van der Waals surface area contributed by atoms with Crippen LogP contribution in [0.1, 0.15) is 246 Å². The number of nitrogens with zero attached hydrogens (tertiary/aromatic N) is 1. The fourth-order valence-corrected chi connectivity index (χ4v) is 9.01. The molecule has 3 heteroatoms. The highest BCUT2D eigenvalue weighted by Gasteiger charge is 2.47. The lowest BCUT2D eigenvalue weighted by atomic mass is 9.75. The van der Waals surface area contributed by atoms with Crippen LogP contribution in [-0.4, -0.2) is 35.1 Å². The maximum absolute atomic E-state index is 2.76. The summed E-state index contributed by atoms with van der Waals surface area (Å²) in [6, 6.07) is 11.6. The van der Waals surface area contributed by atoms with Gasteiger partial charge in [0.2, 0.25) is 0 Å². The van der Waals surface area contributed by atoms with Crippen molar-refractivity contribution in [2.75, 3.05) is 19.6 Å². The van der Waals surface area contributed by atoms with Crippen LogP contribution in [0.25, 0.3) is 0 Å². The summed E-state index contributed by atoms with van der Waals surface area (Å²) >= 11 is 0. The highest BCUT2D eigenvalue weighted by atomic mass is 79.9. The molecular weight excluding hydrogens is 698 g/mol. The summed E-state index contributed by atoms with van der Waals surface area (Å²) in [6.45, 7) is 19.1. The Bertz CT molecular complexity index is 776. The van der Waals surface area contributed by atoms with Crippen LogP contribution in [0.2, 0.25) is 0 Å². The van der Waals surface area contributed by atoms with Gasteiger partial charge in [-0.25, -0.2) is 0 Å². The first-order chi connectivity index (χ1) is 24.5. The van der Waals surface area contributed by atoms with Crippen molar-refractivity contribution in [1.82, 2.24) is 0 Å². The standard InChI is InChI=1S/C49H94N.BrH.H2O/c1-7-11-15-19-23-26-30-37-43-50(44-38-31-27-24-20-16-12-8-2,45-39-32-28-25-21-17-13-9-3)49(5,6)48(42-36-29-22-18-14-10-4)46-47-40-34-33-35-41-47;;/h33-35,40-41,48H,7-32,36-39,42-46H2,1-6H3;1H;1H2/q+1;;/p-1. The Balaban J connectivity index is 0. The fraction of sp³-hybridized carbons (Fsp3) is 0.878. The minimum Gasteiger partial charge on any atom is -1.00 e. The van der Waals surface area contributed by atoms with Crippen LogP contribution in [0.4, 0.5) is 0 Å². The van der Waals surface area contributed by atoms with Crippen LogP contribution in [0.5, 0.6) is 0 Å². The van der Waals surface area contributed by atoms with E-state index in [1.54, 1.807) is 5.56 Å². The van der Waals surface area contributed by atoms with Crippen LogP contribution in [0.15, 0.2) is 30.3 Å². The number of quaternary nitrogens is 1. The van der Waals surface area contributed by atoms with E-state index in [0.29, 0.717) is 5.54 Å². The second kappa shape index (κ2) is 37.5. The van der Waals surface area contributed by atoms with Gasteiger partial charge in [-0.2, -0.15) is 0 Å². The zero-order valence-electron chi connectivity index (χ0n) is 36.5. The Labute approximate surface area is 339 Å². The molecule has 2 nitrogen and oxygen atoms in total. The van der Waals surface area contributed by atoms with Crippen molar-refractivity contribution in [3.8, 4) is 0 Å². The van der Waals surface area contributed by atoms with E-state index in [4.69, 9.17) is 0 Å². The van der Waals surface area contributed by atoms with Gasteiger partial charge in [0.05, 0.1) is 25.2 Å². The maximum atomic E-state index is 2.76. The minimum absolute atomic E-state index is 0. The molecule has 0 aliphatic carbocycles. The summed E-state index contributed by atoms with van der Waals surface area (Å²) in [6.07, 6.45) is 45.5. The molecule has 0 fully saturated rings. The van der Waals surface area contributed by atoms with Crippen LogP contribution in [0, 0.1) is 5.92 Å². The molecule has 1 aromatic carbocycles. The largest absolute Gasteiger partial charge is 1.00 e. The molecule has 0 aliphatic rings. The molecule has 1 atom stereocenters. The van der Waals surface area contributed by atoms with Gasteiger partial charge in [0.15, 0.2) is 0 Å². The van der Waals surface area contributed by atoms with E-state index < -0.39 is 0 Å². The van der Waals surface area contributed by atoms with Crippen molar-refractivity contribution >= 4 is 0 Å². The molecule has 2 N–H and O–H groups in total. The topological polar surface area (TPSA) is 31.5 Å². The molecule has 0 heterocycles. The van der Waals surface area contributed by atoms with Crippen molar-refractivity contribution in [1.29, 1.82) is 0 Å². The lowest BCUT2D eigenvalue weighted by Gasteiger charge is -2.55. The van der Waals surface area contributed by atoms with Gasteiger partial charge in [0.1, 0.15) is 0 Å². The van der Waals surface area contributed by atoms with Gasteiger partial charge < -0.3 is 26.9 Å². The lowest BCUT2D eigenvalue weighted by molar-refractivity contribution is -0.977. The first-order valence-electron chi connectivity index (χ1n) is 23.4. The van der Waals surface area contributed by atoms with Gasteiger partial charge >= 0.3 is 0 Å². The Morgan fingerprint density at radius 3 is 1.04 bits per heavy atom. The van der Waals surface area contributed by atoms with Gasteiger partial charge in [-0.1, -0.05) is 212 Å². The van der Waals surface area contributed by atoms with Crippen LogP contribution in [0.3, 0.4) is 0 Å². The Kier molecular flexibility index (Phi) is 38.8. The van der Waals surface area contributed by atoms with Crippen molar-refractivity contribution in [2.24, 2.45) is 5.92 Å². The Morgan fingerprint density at radius 2 is 0.712 bits per heavy atom. The van der Waals surface area contributed by atoms with Crippen LogP contribution >= 0.6 is 0 Å². The molecule has 1 rings (SSSR count). The lowest BCUT2D eigenvalue weighted by Crippen LogP contribution is -3.00.